The van der Waals surface area contributed by atoms with Crippen molar-refractivity contribution in [3.63, 3.8) is 0 Å². The molecule has 106 valence electrons. The van der Waals surface area contributed by atoms with Crippen LogP contribution in [0.4, 0.5) is 0 Å². The van der Waals surface area contributed by atoms with Crippen molar-refractivity contribution in [2.24, 2.45) is 0 Å². The molecule has 0 aromatic heterocycles. The minimum absolute atomic E-state index is 0.398. The van der Waals surface area contributed by atoms with Crippen molar-refractivity contribution < 1.29 is 4.74 Å². The first-order valence-electron chi connectivity index (χ1n) is 7.47. The van der Waals surface area contributed by atoms with Gasteiger partial charge in [-0.2, -0.15) is 0 Å². The molecule has 1 unspecified atom stereocenters. The number of hydrogen-bond donors (Lipinski definition) is 0. The Morgan fingerprint density at radius 1 is 1.39 bits per heavy atom. The van der Waals surface area contributed by atoms with Gasteiger partial charge in [-0.05, 0) is 32.4 Å². The fourth-order valence-electron chi connectivity index (χ4n) is 2.88. The van der Waals surface area contributed by atoms with Gasteiger partial charge in [0.05, 0.1) is 12.7 Å². The summed E-state index contributed by atoms with van der Waals surface area (Å²) in [6.07, 6.45) is 5.63. The molecule has 2 fully saturated rings. The molecule has 3 nitrogen and oxygen atoms in total. The fourth-order valence-corrected chi connectivity index (χ4v) is 3.00. The van der Waals surface area contributed by atoms with Gasteiger partial charge in [-0.15, -0.1) is 11.6 Å². The third-order valence-electron chi connectivity index (χ3n) is 4.28. The largest absolute Gasteiger partial charge is 0.374 e. The van der Waals surface area contributed by atoms with Crippen LogP contribution in [0.2, 0.25) is 0 Å². The maximum atomic E-state index is 5.92. The average molecular weight is 275 g/mol. The van der Waals surface area contributed by atoms with Gasteiger partial charge in [0.2, 0.25) is 0 Å². The highest BCUT2D eigenvalue weighted by Gasteiger charge is 2.28. The molecule has 0 bridgehead atoms. The highest BCUT2D eigenvalue weighted by atomic mass is 35.5. The molecule has 2 aliphatic rings. The van der Waals surface area contributed by atoms with Crippen molar-refractivity contribution in [1.29, 1.82) is 0 Å². The van der Waals surface area contributed by atoms with E-state index in [4.69, 9.17) is 16.3 Å². The van der Waals surface area contributed by atoms with Gasteiger partial charge in [0.25, 0.3) is 0 Å². The van der Waals surface area contributed by atoms with Gasteiger partial charge in [-0.3, -0.25) is 9.80 Å². The van der Waals surface area contributed by atoms with E-state index in [1.165, 1.54) is 19.3 Å². The zero-order valence-corrected chi connectivity index (χ0v) is 12.4. The summed E-state index contributed by atoms with van der Waals surface area (Å²) in [7, 11) is 0. The average Bonchev–Trinajstić information content (AvgIpc) is 2.34. The van der Waals surface area contributed by atoms with E-state index in [-0.39, 0.29) is 0 Å². The highest BCUT2D eigenvalue weighted by Crippen LogP contribution is 2.25. The van der Waals surface area contributed by atoms with E-state index >= 15 is 0 Å². The molecule has 1 atom stereocenters. The molecule has 1 aliphatic heterocycles. The maximum absolute atomic E-state index is 5.92. The zero-order valence-electron chi connectivity index (χ0n) is 11.6. The van der Waals surface area contributed by atoms with Crippen LogP contribution in [0.15, 0.2) is 0 Å². The number of nitrogens with zero attached hydrogens (tertiary/aromatic N) is 2. The van der Waals surface area contributed by atoms with Crippen LogP contribution >= 0.6 is 11.6 Å². The molecule has 1 aliphatic carbocycles. The van der Waals surface area contributed by atoms with E-state index < -0.39 is 0 Å². The third-order valence-corrected chi connectivity index (χ3v) is 4.55. The molecular weight excluding hydrogens is 248 g/mol. The Labute approximate surface area is 116 Å². The molecule has 0 aromatic carbocycles. The molecule has 1 saturated carbocycles. The number of likely N-dealkylation sites (N-methyl/N-ethyl adjacent to an activating group) is 1. The fraction of sp³-hybridized carbons (Fsp3) is 1.00. The lowest BCUT2D eigenvalue weighted by molar-refractivity contribution is -0.0521. The molecule has 0 spiro atoms. The van der Waals surface area contributed by atoms with Gasteiger partial charge in [0.15, 0.2) is 0 Å². The predicted octanol–water partition coefficient (Wildman–Crippen LogP) is 2.19. The van der Waals surface area contributed by atoms with Crippen LogP contribution in [0.1, 0.15) is 32.6 Å². The Kier molecular flexibility index (Phi) is 6.22. The molecule has 2 rings (SSSR count). The Morgan fingerprint density at radius 3 is 2.83 bits per heavy atom. The van der Waals surface area contributed by atoms with Crippen molar-refractivity contribution in [2.45, 2.75) is 44.8 Å². The van der Waals surface area contributed by atoms with E-state index in [1.54, 1.807) is 0 Å². The van der Waals surface area contributed by atoms with Crippen LogP contribution in [0.3, 0.4) is 0 Å². The second-order valence-electron chi connectivity index (χ2n) is 5.51. The molecule has 0 aromatic rings. The number of alkyl halides is 1. The zero-order chi connectivity index (χ0) is 12.8. The summed E-state index contributed by atoms with van der Waals surface area (Å²) in [5.41, 5.74) is 0. The molecule has 1 saturated heterocycles. The molecule has 0 amide bonds. The van der Waals surface area contributed by atoms with Crippen LogP contribution in [0, 0.1) is 0 Å². The summed E-state index contributed by atoms with van der Waals surface area (Å²) < 4.78 is 5.92. The summed E-state index contributed by atoms with van der Waals surface area (Å²) in [4.78, 5) is 5.12. The first-order valence-corrected chi connectivity index (χ1v) is 8.01. The van der Waals surface area contributed by atoms with Crippen molar-refractivity contribution in [3.05, 3.63) is 0 Å². The van der Waals surface area contributed by atoms with Crippen LogP contribution in [-0.2, 0) is 4.74 Å². The van der Waals surface area contributed by atoms with Gasteiger partial charge < -0.3 is 4.74 Å². The van der Waals surface area contributed by atoms with Crippen LogP contribution < -0.4 is 0 Å². The normalized spacial score (nSPS) is 26.5. The quantitative estimate of drug-likeness (QED) is 0.662. The van der Waals surface area contributed by atoms with E-state index in [1.807, 2.05) is 0 Å². The smallest absolute Gasteiger partial charge is 0.0829 e. The van der Waals surface area contributed by atoms with Gasteiger partial charge in [0.1, 0.15) is 0 Å². The minimum atomic E-state index is 0.398. The number of ether oxygens (including phenoxy) is 1. The van der Waals surface area contributed by atoms with Crippen LogP contribution in [0.25, 0.3) is 0 Å². The standard InChI is InChI=1S/C14H27ClN2O/c1-2-16-9-10-18-14(11-16)12-17(8-4-7-15)13-5-3-6-13/h13-14H,2-12H2,1H3. The number of hydrogen-bond acceptors (Lipinski definition) is 3. The molecule has 18 heavy (non-hydrogen) atoms. The first kappa shape index (κ1) is 14.6. The summed E-state index contributed by atoms with van der Waals surface area (Å²) in [5, 5.41) is 0. The summed E-state index contributed by atoms with van der Waals surface area (Å²) in [6, 6.07) is 0.800. The van der Waals surface area contributed by atoms with E-state index in [0.29, 0.717) is 6.10 Å². The van der Waals surface area contributed by atoms with E-state index in [9.17, 15) is 0 Å². The second kappa shape index (κ2) is 7.68. The lowest BCUT2D eigenvalue weighted by atomic mass is 9.91. The third kappa shape index (κ3) is 4.09. The molecule has 0 N–H and O–H groups in total. The Hall–Kier alpha value is 0.170. The minimum Gasteiger partial charge on any atom is -0.374 e. The van der Waals surface area contributed by atoms with Crippen molar-refractivity contribution in [3.8, 4) is 0 Å². The van der Waals surface area contributed by atoms with E-state index in [0.717, 1.165) is 57.7 Å². The SMILES string of the molecule is CCN1CCOC(CN(CCCCl)C2CCC2)C1. The summed E-state index contributed by atoms with van der Waals surface area (Å²) in [6.45, 7) is 8.70. The van der Waals surface area contributed by atoms with E-state index in [2.05, 4.69) is 16.7 Å². The Bertz CT molecular complexity index is 236. The van der Waals surface area contributed by atoms with Crippen molar-refractivity contribution in [2.75, 3.05) is 45.2 Å². The topological polar surface area (TPSA) is 15.7 Å². The first-order chi connectivity index (χ1) is 8.83. The van der Waals surface area contributed by atoms with Gasteiger partial charge in [0, 0.05) is 31.6 Å². The van der Waals surface area contributed by atoms with Crippen molar-refractivity contribution in [1.82, 2.24) is 9.80 Å². The Balaban J connectivity index is 1.79. The number of halogens is 1. The number of morpholine rings is 1. The van der Waals surface area contributed by atoms with Crippen LogP contribution in [0.5, 0.6) is 0 Å². The molecule has 4 heteroatoms. The summed E-state index contributed by atoms with van der Waals surface area (Å²) in [5.74, 6) is 0.774. The molecule has 0 radical (unpaired) electrons. The predicted molar refractivity (Wildman–Crippen MR) is 76.4 cm³/mol. The molecule has 1 heterocycles. The van der Waals surface area contributed by atoms with Crippen molar-refractivity contribution >= 4 is 11.6 Å². The summed E-state index contributed by atoms with van der Waals surface area (Å²) >= 11 is 5.83. The molecular formula is C14H27ClN2O. The van der Waals surface area contributed by atoms with Gasteiger partial charge in [-0.25, -0.2) is 0 Å². The Morgan fingerprint density at radius 2 is 2.22 bits per heavy atom. The van der Waals surface area contributed by atoms with Gasteiger partial charge in [-0.1, -0.05) is 13.3 Å². The maximum Gasteiger partial charge on any atom is 0.0829 e. The second-order valence-corrected chi connectivity index (χ2v) is 5.89. The lowest BCUT2D eigenvalue weighted by Gasteiger charge is -2.41. The van der Waals surface area contributed by atoms with Gasteiger partial charge >= 0.3 is 0 Å². The van der Waals surface area contributed by atoms with Crippen LogP contribution in [-0.4, -0.2) is 67.2 Å². The number of rotatable bonds is 7. The lowest BCUT2D eigenvalue weighted by Crippen LogP contribution is -2.51. The highest BCUT2D eigenvalue weighted by molar-refractivity contribution is 6.17. The monoisotopic (exact) mass is 274 g/mol.